The van der Waals surface area contributed by atoms with Crippen molar-refractivity contribution >= 4 is 46.5 Å². The minimum Gasteiger partial charge on any atom is -0.276 e. The quantitative estimate of drug-likeness (QED) is 0.312. The molecule has 11 nitrogen and oxygen atoms in total. The Bertz CT molecular complexity index is 1130. The molecule has 30 heavy (non-hydrogen) atoms. The summed E-state index contributed by atoms with van der Waals surface area (Å²) in [6.45, 7) is 0. The summed E-state index contributed by atoms with van der Waals surface area (Å²) in [6.07, 6.45) is 1.11. The molecule has 1 aromatic heterocycles. The summed E-state index contributed by atoms with van der Waals surface area (Å²) in [5.41, 5.74) is 3.65. The van der Waals surface area contributed by atoms with Gasteiger partial charge in [0.05, 0.1) is 9.85 Å². The third-order valence-corrected chi connectivity index (χ3v) is 4.95. The Morgan fingerprint density at radius 1 is 1.03 bits per heavy atom. The molecule has 2 aromatic carbocycles. The second kappa shape index (κ2) is 9.15. The van der Waals surface area contributed by atoms with E-state index in [1.54, 1.807) is 24.3 Å². The standard InChI is InChI=1S/C17H11ClN6O5S/c18-12-7-6-10(8-13(12)23(26)27)16(25)22-21-15-14(24(28)29)17(20-9-19-15)30-11-4-2-1-3-5-11/h1-9H,(H,22,25)(H,19,20,21). The lowest BCUT2D eigenvalue weighted by atomic mass is 10.2. The number of hydrazine groups is 1. The van der Waals surface area contributed by atoms with Crippen molar-refractivity contribution in [2.45, 2.75) is 9.92 Å². The zero-order chi connectivity index (χ0) is 21.7. The van der Waals surface area contributed by atoms with Crippen LogP contribution in [0.4, 0.5) is 17.2 Å². The number of carbonyl (C=O) groups is 1. The highest BCUT2D eigenvalue weighted by Gasteiger charge is 2.24. The number of halogens is 1. The van der Waals surface area contributed by atoms with Crippen LogP contribution in [0, 0.1) is 20.2 Å². The van der Waals surface area contributed by atoms with Crippen molar-refractivity contribution in [2.24, 2.45) is 0 Å². The zero-order valence-electron chi connectivity index (χ0n) is 14.8. The van der Waals surface area contributed by atoms with Crippen molar-refractivity contribution in [3.8, 4) is 0 Å². The van der Waals surface area contributed by atoms with Gasteiger partial charge in [0.25, 0.3) is 11.6 Å². The third kappa shape index (κ3) is 4.79. The fourth-order valence-electron chi connectivity index (χ4n) is 2.28. The molecule has 0 spiro atoms. The van der Waals surface area contributed by atoms with Gasteiger partial charge >= 0.3 is 5.69 Å². The van der Waals surface area contributed by atoms with Crippen LogP contribution in [-0.2, 0) is 0 Å². The number of hydrogen-bond acceptors (Lipinski definition) is 9. The van der Waals surface area contributed by atoms with Crippen molar-refractivity contribution in [1.82, 2.24) is 15.4 Å². The number of nitrogens with zero attached hydrogens (tertiary/aromatic N) is 4. The molecule has 0 radical (unpaired) electrons. The van der Waals surface area contributed by atoms with Gasteiger partial charge in [0.2, 0.25) is 5.82 Å². The second-order valence-electron chi connectivity index (χ2n) is 5.55. The number of aromatic nitrogens is 2. The van der Waals surface area contributed by atoms with Gasteiger partial charge in [-0.2, -0.15) is 0 Å². The Labute approximate surface area is 177 Å². The summed E-state index contributed by atoms with van der Waals surface area (Å²) in [7, 11) is 0. The molecule has 0 saturated heterocycles. The second-order valence-corrected chi connectivity index (χ2v) is 7.02. The fourth-order valence-corrected chi connectivity index (χ4v) is 3.35. The third-order valence-electron chi connectivity index (χ3n) is 3.63. The number of nitro benzene ring substituents is 1. The average Bonchev–Trinajstić information content (AvgIpc) is 2.72. The minimum absolute atomic E-state index is 0.0695. The molecule has 0 aliphatic carbocycles. The Morgan fingerprint density at radius 3 is 2.43 bits per heavy atom. The first kappa shape index (κ1) is 21.0. The number of amides is 1. The SMILES string of the molecule is O=C(NNc1ncnc(Sc2ccccc2)c1[N+](=O)[O-])c1ccc(Cl)c([N+](=O)[O-])c1. The van der Waals surface area contributed by atoms with Gasteiger partial charge < -0.3 is 0 Å². The van der Waals surface area contributed by atoms with Crippen LogP contribution >= 0.6 is 23.4 Å². The largest absolute Gasteiger partial charge is 0.345 e. The summed E-state index contributed by atoms with van der Waals surface area (Å²) in [5, 5.41) is 22.5. The highest BCUT2D eigenvalue weighted by Crippen LogP contribution is 2.36. The molecule has 1 heterocycles. The predicted molar refractivity (Wildman–Crippen MR) is 108 cm³/mol. The molecule has 0 fully saturated rings. The lowest BCUT2D eigenvalue weighted by molar-refractivity contribution is -0.387. The topological polar surface area (TPSA) is 153 Å². The van der Waals surface area contributed by atoms with Crippen LogP contribution in [0.25, 0.3) is 0 Å². The predicted octanol–water partition coefficient (Wildman–Crippen LogP) is 3.85. The van der Waals surface area contributed by atoms with E-state index in [9.17, 15) is 25.0 Å². The molecule has 1 amide bonds. The van der Waals surface area contributed by atoms with E-state index >= 15 is 0 Å². The smallest absolute Gasteiger partial charge is 0.276 e. The molecule has 2 N–H and O–H groups in total. The lowest BCUT2D eigenvalue weighted by Crippen LogP contribution is -2.30. The van der Waals surface area contributed by atoms with E-state index in [1.165, 1.54) is 12.1 Å². The first-order valence-corrected chi connectivity index (χ1v) is 9.29. The Hall–Kier alpha value is -3.77. The molecule has 152 valence electrons. The molecular weight excluding hydrogens is 436 g/mol. The highest BCUT2D eigenvalue weighted by molar-refractivity contribution is 7.99. The van der Waals surface area contributed by atoms with Crippen molar-refractivity contribution < 1.29 is 14.6 Å². The number of carbonyl (C=O) groups excluding carboxylic acids is 1. The highest BCUT2D eigenvalue weighted by atomic mass is 35.5. The number of hydrogen-bond donors (Lipinski definition) is 2. The molecule has 0 saturated carbocycles. The first-order valence-electron chi connectivity index (χ1n) is 8.09. The summed E-state index contributed by atoms with van der Waals surface area (Å²) in [6, 6.07) is 12.4. The fraction of sp³-hybridized carbons (Fsp3) is 0. The maximum absolute atomic E-state index is 12.3. The normalized spacial score (nSPS) is 10.3. The van der Waals surface area contributed by atoms with E-state index in [4.69, 9.17) is 11.6 Å². The van der Waals surface area contributed by atoms with E-state index in [1.807, 2.05) is 6.07 Å². The zero-order valence-corrected chi connectivity index (χ0v) is 16.4. The van der Waals surface area contributed by atoms with Crippen molar-refractivity contribution in [3.63, 3.8) is 0 Å². The summed E-state index contributed by atoms with van der Waals surface area (Å²) < 4.78 is 0. The Kier molecular flexibility index (Phi) is 6.39. The van der Waals surface area contributed by atoms with E-state index < -0.39 is 27.1 Å². The van der Waals surface area contributed by atoms with Gasteiger partial charge in [0.15, 0.2) is 5.03 Å². The average molecular weight is 447 g/mol. The van der Waals surface area contributed by atoms with E-state index in [0.717, 1.165) is 29.1 Å². The van der Waals surface area contributed by atoms with Crippen LogP contribution < -0.4 is 10.9 Å². The molecule has 0 unspecified atom stereocenters. The number of anilines is 1. The Morgan fingerprint density at radius 2 is 1.77 bits per heavy atom. The maximum atomic E-state index is 12.3. The summed E-state index contributed by atoms with van der Waals surface area (Å²) in [5.74, 6) is -1.02. The molecule has 0 aliphatic heterocycles. The Balaban J connectivity index is 1.82. The molecule has 0 atom stereocenters. The van der Waals surface area contributed by atoms with Gasteiger partial charge in [-0.1, -0.05) is 41.6 Å². The van der Waals surface area contributed by atoms with Gasteiger partial charge in [-0.3, -0.25) is 35.9 Å². The van der Waals surface area contributed by atoms with E-state index in [2.05, 4.69) is 20.8 Å². The van der Waals surface area contributed by atoms with Gasteiger partial charge in [0.1, 0.15) is 11.3 Å². The van der Waals surface area contributed by atoms with Crippen molar-refractivity contribution in [1.29, 1.82) is 0 Å². The van der Waals surface area contributed by atoms with Crippen LogP contribution in [-0.4, -0.2) is 25.7 Å². The minimum atomic E-state index is -0.778. The van der Waals surface area contributed by atoms with Gasteiger partial charge in [-0.05, 0) is 24.3 Å². The van der Waals surface area contributed by atoms with Gasteiger partial charge in [-0.15, -0.1) is 0 Å². The molecule has 13 heteroatoms. The lowest BCUT2D eigenvalue weighted by Gasteiger charge is -2.10. The molecule has 3 aromatic rings. The van der Waals surface area contributed by atoms with Crippen LogP contribution in [0.5, 0.6) is 0 Å². The number of rotatable bonds is 7. The van der Waals surface area contributed by atoms with E-state index in [0.29, 0.717) is 0 Å². The monoisotopic (exact) mass is 446 g/mol. The van der Waals surface area contributed by atoms with Crippen LogP contribution in [0.3, 0.4) is 0 Å². The van der Waals surface area contributed by atoms with Gasteiger partial charge in [-0.25, -0.2) is 9.97 Å². The van der Waals surface area contributed by atoms with E-state index in [-0.39, 0.29) is 21.4 Å². The number of benzene rings is 2. The molecule has 3 rings (SSSR count). The number of nitrogens with one attached hydrogen (secondary N) is 2. The van der Waals surface area contributed by atoms with Crippen LogP contribution in [0.15, 0.2) is 64.8 Å². The van der Waals surface area contributed by atoms with Crippen molar-refractivity contribution in [2.75, 3.05) is 5.43 Å². The van der Waals surface area contributed by atoms with Crippen LogP contribution in [0.1, 0.15) is 10.4 Å². The molecule has 0 aliphatic rings. The first-order chi connectivity index (χ1) is 14.4. The summed E-state index contributed by atoms with van der Waals surface area (Å²) in [4.78, 5) is 41.9. The van der Waals surface area contributed by atoms with Crippen LogP contribution in [0.2, 0.25) is 5.02 Å². The summed E-state index contributed by atoms with van der Waals surface area (Å²) >= 11 is 6.78. The van der Waals surface area contributed by atoms with Gasteiger partial charge in [0, 0.05) is 16.5 Å². The molecule has 0 bridgehead atoms. The van der Waals surface area contributed by atoms with Crippen molar-refractivity contribution in [3.05, 3.63) is 85.7 Å². The number of nitro groups is 2. The maximum Gasteiger partial charge on any atom is 0.345 e. The molecular formula is C17H11ClN6O5S.